The first-order chi connectivity index (χ1) is 15.4. The fourth-order valence-corrected chi connectivity index (χ4v) is 3.37. The highest BCUT2D eigenvalue weighted by atomic mass is 16.5. The van der Waals surface area contributed by atoms with Crippen molar-refractivity contribution in [2.75, 3.05) is 10.6 Å². The molecular weight excluding hydrogens is 400 g/mol. The minimum absolute atomic E-state index is 0.238. The topological polar surface area (TPSA) is 67.4 Å². The maximum absolute atomic E-state index is 12.7. The molecule has 0 heterocycles. The second kappa shape index (κ2) is 10.6. The van der Waals surface area contributed by atoms with Crippen molar-refractivity contribution in [3.05, 3.63) is 89.5 Å². The fraction of sp³-hybridized carbons (Fsp3) is 0.259. The van der Waals surface area contributed by atoms with Gasteiger partial charge in [-0.2, -0.15) is 0 Å². The maximum Gasteiger partial charge on any atom is 0.265 e. The number of benzene rings is 3. The molecule has 0 spiro atoms. The lowest BCUT2D eigenvalue weighted by atomic mass is 9.98. The fourth-order valence-electron chi connectivity index (χ4n) is 3.37. The lowest BCUT2D eigenvalue weighted by molar-refractivity contribution is -0.122. The summed E-state index contributed by atoms with van der Waals surface area (Å²) in [6.07, 6.45) is 0.295. The number of carbonyl (C=O) groups is 2. The van der Waals surface area contributed by atoms with E-state index in [9.17, 15) is 9.59 Å². The van der Waals surface area contributed by atoms with Crippen LogP contribution >= 0.6 is 0 Å². The summed E-state index contributed by atoms with van der Waals surface area (Å²) in [5, 5.41) is 5.73. The van der Waals surface area contributed by atoms with Crippen LogP contribution in [0.4, 0.5) is 11.4 Å². The van der Waals surface area contributed by atoms with E-state index in [0.717, 1.165) is 29.0 Å². The number of carbonyl (C=O) groups excluding carboxylic acids is 2. The Labute approximate surface area is 189 Å². The van der Waals surface area contributed by atoms with Crippen LogP contribution < -0.4 is 15.4 Å². The first kappa shape index (κ1) is 23.1. The molecule has 32 heavy (non-hydrogen) atoms. The van der Waals surface area contributed by atoms with Crippen molar-refractivity contribution in [1.29, 1.82) is 0 Å². The van der Waals surface area contributed by atoms with E-state index in [1.165, 1.54) is 0 Å². The number of amides is 2. The number of ether oxygens (including phenoxy) is 1. The zero-order valence-corrected chi connectivity index (χ0v) is 19.0. The number of hydrogen-bond acceptors (Lipinski definition) is 3. The molecule has 2 amide bonds. The minimum atomic E-state index is -0.690. The van der Waals surface area contributed by atoms with Crippen molar-refractivity contribution in [2.45, 2.75) is 46.1 Å². The summed E-state index contributed by atoms with van der Waals surface area (Å²) in [5.41, 5.74) is 3.88. The summed E-state index contributed by atoms with van der Waals surface area (Å²) in [6, 6.07) is 22.3. The molecule has 0 aliphatic carbocycles. The molecule has 5 heteroatoms. The molecular formula is C27H30N2O3. The molecule has 166 valence electrons. The molecule has 0 fully saturated rings. The normalized spacial score (nSPS) is 12.5. The summed E-state index contributed by atoms with van der Waals surface area (Å²) in [7, 11) is 0. The number of nitrogens with one attached hydrogen (secondary N) is 2. The van der Waals surface area contributed by atoms with Gasteiger partial charge in [0.1, 0.15) is 5.75 Å². The predicted molar refractivity (Wildman–Crippen MR) is 129 cm³/mol. The van der Waals surface area contributed by atoms with E-state index >= 15 is 0 Å². The summed E-state index contributed by atoms with van der Waals surface area (Å²) >= 11 is 0. The van der Waals surface area contributed by atoms with Crippen molar-refractivity contribution in [3.63, 3.8) is 0 Å². The van der Waals surface area contributed by atoms with Gasteiger partial charge >= 0.3 is 0 Å². The van der Waals surface area contributed by atoms with Crippen molar-refractivity contribution >= 4 is 23.2 Å². The monoisotopic (exact) mass is 430 g/mol. The lowest BCUT2D eigenvalue weighted by Gasteiger charge is -2.19. The van der Waals surface area contributed by atoms with Gasteiger partial charge in [0.05, 0.1) is 0 Å². The Kier molecular flexibility index (Phi) is 7.66. The maximum atomic E-state index is 12.7. The van der Waals surface area contributed by atoms with E-state index < -0.39 is 6.10 Å². The van der Waals surface area contributed by atoms with Crippen LogP contribution in [0.2, 0.25) is 0 Å². The van der Waals surface area contributed by atoms with Crippen molar-refractivity contribution in [1.82, 2.24) is 0 Å². The van der Waals surface area contributed by atoms with Crippen LogP contribution in [0.15, 0.2) is 72.8 Å². The van der Waals surface area contributed by atoms with Gasteiger partial charge in [-0.15, -0.1) is 0 Å². The number of aryl methyl sites for hydroxylation is 1. The number of hydrogen-bond donors (Lipinski definition) is 2. The first-order valence-corrected chi connectivity index (χ1v) is 10.9. The summed E-state index contributed by atoms with van der Waals surface area (Å²) in [6.45, 7) is 7.95. The third kappa shape index (κ3) is 5.97. The Balaban J connectivity index is 1.66. The predicted octanol–water partition coefficient (Wildman–Crippen LogP) is 6.17. The van der Waals surface area contributed by atoms with E-state index in [1.807, 2.05) is 55.5 Å². The van der Waals surface area contributed by atoms with Crippen LogP contribution in [0.3, 0.4) is 0 Å². The van der Waals surface area contributed by atoms with E-state index in [4.69, 9.17) is 4.74 Å². The van der Waals surface area contributed by atoms with Crippen LogP contribution in [0.25, 0.3) is 0 Å². The lowest BCUT2D eigenvalue weighted by Crippen LogP contribution is -2.30. The zero-order chi connectivity index (χ0) is 23.1. The molecule has 0 aliphatic heterocycles. The van der Waals surface area contributed by atoms with Gasteiger partial charge in [-0.3, -0.25) is 9.59 Å². The largest absolute Gasteiger partial charge is 0.481 e. The van der Waals surface area contributed by atoms with Gasteiger partial charge in [0, 0.05) is 16.9 Å². The third-order valence-electron chi connectivity index (χ3n) is 5.40. The van der Waals surface area contributed by atoms with Crippen LogP contribution in [-0.4, -0.2) is 17.9 Å². The van der Waals surface area contributed by atoms with Gasteiger partial charge in [-0.25, -0.2) is 0 Å². The van der Waals surface area contributed by atoms with Gasteiger partial charge in [0.2, 0.25) is 0 Å². The molecule has 0 radical (unpaired) electrons. The average molecular weight is 431 g/mol. The Hall–Kier alpha value is -3.60. The Bertz CT molecular complexity index is 1090. The van der Waals surface area contributed by atoms with Gasteiger partial charge in [0.25, 0.3) is 11.8 Å². The standard InChI is InChI=1S/C27H30N2O3/c1-5-19(3)24-14-6-7-15-25(24)32-20(4)26(30)28-23-13-9-11-21(17-23)27(31)29-22-12-8-10-18(2)16-22/h6-17,19-20H,5H2,1-4H3,(H,28,30)(H,29,31). The molecule has 0 aliphatic rings. The molecule has 0 bridgehead atoms. The van der Waals surface area contributed by atoms with Crippen molar-refractivity contribution in [2.24, 2.45) is 0 Å². The Morgan fingerprint density at radius 3 is 2.28 bits per heavy atom. The molecule has 2 atom stereocenters. The van der Waals surface area contributed by atoms with Gasteiger partial charge in [0.15, 0.2) is 6.10 Å². The number of para-hydroxylation sites is 1. The molecule has 3 aromatic carbocycles. The van der Waals surface area contributed by atoms with E-state index in [2.05, 4.69) is 24.5 Å². The quantitative estimate of drug-likeness (QED) is 0.449. The minimum Gasteiger partial charge on any atom is -0.481 e. The molecule has 0 aromatic heterocycles. The number of rotatable bonds is 8. The Morgan fingerprint density at radius 2 is 1.56 bits per heavy atom. The van der Waals surface area contributed by atoms with E-state index in [0.29, 0.717) is 17.2 Å². The van der Waals surface area contributed by atoms with Crippen LogP contribution in [0, 0.1) is 6.92 Å². The van der Waals surface area contributed by atoms with Crippen LogP contribution in [0.5, 0.6) is 5.75 Å². The highest BCUT2D eigenvalue weighted by Crippen LogP contribution is 2.29. The molecule has 2 N–H and O–H groups in total. The van der Waals surface area contributed by atoms with Crippen molar-refractivity contribution < 1.29 is 14.3 Å². The summed E-state index contributed by atoms with van der Waals surface area (Å²) < 4.78 is 5.98. The second-order valence-corrected chi connectivity index (χ2v) is 8.00. The smallest absolute Gasteiger partial charge is 0.265 e. The van der Waals surface area contributed by atoms with Gasteiger partial charge < -0.3 is 15.4 Å². The van der Waals surface area contributed by atoms with E-state index in [1.54, 1.807) is 31.2 Å². The average Bonchev–Trinajstić information content (AvgIpc) is 2.79. The molecule has 0 saturated carbocycles. The molecule has 2 unspecified atom stereocenters. The summed E-state index contributed by atoms with van der Waals surface area (Å²) in [4.78, 5) is 25.4. The van der Waals surface area contributed by atoms with Gasteiger partial charge in [-0.05, 0) is 73.7 Å². The highest BCUT2D eigenvalue weighted by Gasteiger charge is 2.18. The summed E-state index contributed by atoms with van der Waals surface area (Å²) in [5.74, 6) is 0.541. The van der Waals surface area contributed by atoms with Crippen molar-refractivity contribution in [3.8, 4) is 5.75 Å². The molecule has 3 aromatic rings. The van der Waals surface area contributed by atoms with Crippen LogP contribution in [-0.2, 0) is 4.79 Å². The second-order valence-electron chi connectivity index (χ2n) is 8.00. The zero-order valence-electron chi connectivity index (χ0n) is 19.0. The molecule has 0 saturated heterocycles. The third-order valence-corrected chi connectivity index (χ3v) is 5.40. The van der Waals surface area contributed by atoms with Gasteiger partial charge in [-0.1, -0.05) is 50.2 Å². The molecule has 5 nitrogen and oxygen atoms in total. The number of anilines is 2. The molecule has 3 rings (SSSR count). The van der Waals surface area contributed by atoms with E-state index in [-0.39, 0.29) is 11.8 Å². The highest BCUT2D eigenvalue weighted by molar-refractivity contribution is 6.05. The Morgan fingerprint density at radius 1 is 0.875 bits per heavy atom. The SMILES string of the molecule is CCC(C)c1ccccc1OC(C)C(=O)Nc1cccc(C(=O)Nc2cccc(C)c2)c1. The van der Waals surface area contributed by atoms with Crippen LogP contribution in [0.1, 0.15) is 54.6 Å². The first-order valence-electron chi connectivity index (χ1n) is 10.9.